The number of carbonyl (C=O) groups is 3. The molecule has 7 heterocycles. The van der Waals surface area contributed by atoms with Gasteiger partial charge in [-0.25, -0.2) is 0 Å². The first-order valence-corrected chi connectivity index (χ1v) is 17.7. The molecule has 11 nitrogen and oxygen atoms in total. The summed E-state index contributed by atoms with van der Waals surface area (Å²) in [4.78, 5) is 49.5. The summed E-state index contributed by atoms with van der Waals surface area (Å²) in [5, 5.41) is 23.9. The van der Waals surface area contributed by atoms with E-state index in [2.05, 4.69) is 28.0 Å². The highest BCUT2D eigenvalue weighted by molar-refractivity contribution is 6.06. The van der Waals surface area contributed by atoms with Crippen LogP contribution in [0.4, 0.5) is 11.4 Å². The van der Waals surface area contributed by atoms with Gasteiger partial charge in [0.05, 0.1) is 52.9 Å². The molecule has 10 rings (SSSR count). The lowest BCUT2D eigenvalue weighted by molar-refractivity contribution is -0.207. The topological polar surface area (TPSA) is 123 Å². The number of piperidine rings is 1. The van der Waals surface area contributed by atoms with Crippen molar-refractivity contribution in [3.05, 3.63) is 64.5 Å². The summed E-state index contributed by atoms with van der Waals surface area (Å²) in [5.41, 5.74) is 1.51. The third kappa shape index (κ3) is 2.94. The van der Waals surface area contributed by atoms with Gasteiger partial charge in [0.1, 0.15) is 5.75 Å². The van der Waals surface area contributed by atoms with Gasteiger partial charge in [-0.05, 0) is 55.4 Å². The summed E-state index contributed by atoms with van der Waals surface area (Å²) >= 11 is 0. The maximum absolute atomic E-state index is 14.1. The van der Waals surface area contributed by atoms with Crippen LogP contribution in [0.3, 0.4) is 0 Å². The molecule has 2 aromatic rings. The minimum Gasteiger partial charge on any atom is -0.506 e. The first kappa shape index (κ1) is 29.4. The standard InChI is InChI=1S/C38H40N4O7/c1-4-27(44)41-26-11-13-35-12-6-16-40-18-15-37(26,38(35,40)49-29(46)20-35)22-19-23(32(47)33(48-3)31(22)41)36-14-17-39(2)24-9-10-28(45)42(34(24)36)30-21(36)7-5-8-25(30)43/h5,7-8,11,13,19,26,43,47H,4,6,9-10,12,14-18,20H2,1-3H3. The molecule has 8 aliphatic rings. The van der Waals surface area contributed by atoms with Crippen molar-refractivity contribution in [1.82, 2.24) is 9.80 Å². The molecule has 49 heavy (non-hydrogen) atoms. The second-order valence-electron chi connectivity index (χ2n) is 15.2. The number of aromatic hydroxyl groups is 2. The molecule has 0 radical (unpaired) electrons. The fourth-order valence-corrected chi connectivity index (χ4v) is 11.9. The van der Waals surface area contributed by atoms with Crippen LogP contribution in [-0.4, -0.2) is 83.4 Å². The number of phenolic OH excluding ortho intramolecular Hbond substituents is 2. The third-order valence-corrected chi connectivity index (χ3v) is 13.5. The zero-order chi connectivity index (χ0) is 33.8. The zero-order valence-corrected chi connectivity index (χ0v) is 28.0. The number of nitrogens with zero attached hydrogens (tertiary/aromatic N) is 4. The van der Waals surface area contributed by atoms with Gasteiger partial charge in [0, 0.05) is 50.8 Å². The Labute approximate surface area is 284 Å². The van der Waals surface area contributed by atoms with Crippen LogP contribution in [-0.2, 0) is 30.0 Å². The van der Waals surface area contributed by atoms with E-state index in [1.807, 2.05) is 20.0 Å². The smallest absolute Gasteiger partial charge is 0.308 e. The molecule has 0 saturated carbocycles. The summed E-state index contributed by atoms with van der Waals surface area (Å²) in [6.45, 7) is 3.97. The number of hydrogen-bond acceptors (Lipinski definition) is 9. The van der Waals surface area contributed by atoms with E-state index in [9.17, 15) is 24.6 Å². The quantitative estimate of drug-likeness (QED) is 0.368. The highest BCUT2D eigenvalue weighted by Gasteiger charge is 2.81. The predicted molar refractivity (Wildman–Crippen MR) is 178 cm³/mol. The summed E-state index contributed by atoms with van der Waals surface area (Å²) in [6.07, 6.45) is 8.58. The van der Waals surface area contributed by atoms with Crippen molar-refractivity contribution in [2.75, 3.05) is 43.6 Å². The molecule has 11 heteroatoms. The van der Waals surface area contributed by atoms with E-state index >= 15 is 0 Å². The molecule has 7 aliphatic heterocycles. The fraction of sp³-hybridized carbons (Fsp3) is 0.500. The van der Waals surface area contributed by atoms with Crippen molar-refractivity contribution in [2.24, 2.45) is 5.41 Å². The van der Waals surface area contributed by atoms with Gasteiger partial charge in [0.25, 0.3) is 0 Å². The van der Waals surface area contributed by atoms with E-state index in [1.54, 1.807) is 21.9 Å². The number of carbonyl (C=O) groups excluding carboxylic acids is 3. The molecule has 254 valence electrons. The number of amides is 2. The number of anilines is 2. The van der Waals surface area contributed by atoms with Crippen LogP contribution in [0.5, 0.6) is 17.2 Å². The number of allylic oxidation sites excluding steroid dienone is 2. The number of fused-ring (bicyclic) bond motifs is 4. The Morgan fingerprint density at radius 1 is 1.04 bits per heavy atom. The van der Waals surface area contributed by atoms with Gasteiger partial charge in [-0.1, -0.05) is 31.2 Å². The minimum atomic E-state index is -1.00. The highest BCUT2D eigenvalue weighted by atomic mass is 16.6. The van der Waals surface area contributed by atoms with Crippen LogP contribution in [0.15, 0.2) is 47.8 Å². The normalized spacial score (nSPS) is 34.8. The van der Waals surface area contributed by atoms with Crippen LogP contribution in [0.1, 0.15) is 75.0 Å². The molecule has 2 amide bonds. The summed E-state index contributed by atoms with van der Waals surface area (Å²) in [5.74, 6) is -0.322. The maximum Gasteiger partial charge on any atom is 0.308 e. The lowest BCUT2D eigenvalue weighted by atomic mass is 9.53. The number of hydrogen-bond donors (Lipinski definition) is 2. The number of para-hydroxylation sites is 1. The molecule has 2 N–H and O–H groups in total. The SMILES string of the molecule is CCC(=O)N1c2c(cc(C34CCN(C)C5=C3N(C(=O)CC5)c3c(O)cccc34)c(O)c2OC)C23CCN4CCCC5(C=CC12)CC(=O)OC453. The van der Waals surface area contributed by atoms with Crippen LogP contribution >= 0.6 is 0 Å². The summed E-state index contributed by atoms with van der Waals surface area (Å²) in [6, 6.07) is 6.95. The molecule has 1 aliphatic carbocycles. The molecule has 0 aromatic heterocycles. The Morgan fingerprint density at radius 2 is 1.88 bits per heavy atom. The van der Waals surface area contributed by atoms with Gasteiger partial charge in [-0.15, -0.1) is 0 Å². The minimum absolute atomic E-state index is 0.00890. The van der Waals surface area contributed by atoms with Crippen molar-refractivity contribution >= 4 is 29.2 Å². The van der Waals surface area contributed by atoms with E-state index in [4.69, 9.17) is 9.47 Å². The second kappa shape index (κ2) is 9.18. The van der Waals surface area contributed by atoms with Gasteiger partial charge in [0.15, 0.2) is 17.2 Å². The Morgan fingerprint density at radius 3 is 2.67 bits per heavy atom. The second-order valence-corrected chi connectivity index (χ2v) is 15.2. The first-order valence-electron chi connectivity index (χ1n) is 17.7. The lowest BCUT2D eigenvalue weighted by Crippen LogP contribution is -2.71. The average molecular weight is 665 g/mol. The molecule has 2 spiro atoms. The van der Waals surface area contributed by atoms with Crippen molar-refractivity contribution in [3.63, 3.8) is 0 Å². The van der Waals surface area contributed by atoms with Gasteiger partial charge in [0.2, 0.25) is 11.8 Å². The predicted octanol–water partition coefficient (Wildman–Crippen LogP) is 4.14. The van der Waals surface area contributed by atoms with E-state index in [1.165, 1.54) is 7.11 Å². The molecule has 2 aromatic carbocycles. The lowest BCUT2D eigenvalue weighted by Gasteiger charge is -2.59. The monoisotopic (exact) mass is 664 g/mol. The summed E-state index contributed by atoms with van der Waals surface area (Å²) < 4.78 is 12.9. The van der Waals surface area contributed by atoms with E-state index in [0.29, 0.717) is 55.7 Å². The zero-order valence-electron chi connectivity index (χ0n) is 28.0. The molecular weight excluding hydrogens is 624 g/mol. The van der Waals surface area contributed by atoms with E-state index < -0.39 is 28.0 Å². The average Bonchev–Trinajstić information content (AvgIpc) is 3.78. The number of methoxy groups -OCH3 is 1. The largest absolute Gasteiger partial charge is 0.506 e. The Bertz CT molecular complexity index is 2010. The Hall–Kier alpha value is -4.51. The van der Waals surface area contributed by atoms with Gasteiger partial charge < -0.3 is 29.5 Å². The Kier molecular flexibility index (Phi) is 5.51. The number of rotatable bonds is 3. The van der Waals surface area contributed by atoms with Crippen LogP contribution < -0.4 is 14.5 Å². The number of phenols is 2. The van der Waals surface area contributed by atoms with E-state index in [-0.39, 0.29) is 47.9 Å². The van der Waals surface area contributed by atoms with Gasteiger partial charge in [-0.3, -0.25) is 24.2 Å². The number of esters is 1. The number of benzene rings is 2. The summed E-state index contributed by atoms with van der Waals surface area (Å²) in [7, 11) is 3.55. The van der Waals surface area contributed by atoms with Crippen LogP contribution in [0.2, 0.25) is 0 Å². The van der Waals surface area contributed by atoms with Gasteiger partial charge in [-0.2, -0.15) is 0 Å². The van der Waals surface area contributed by atoms with Crippen molar-refractivity contribution in [3.8, 4) is 17.2 Å². The molecule has 5 unspecified atom stereocenters. The third-order valence-electron chi connectivity index (χ3n) is 13.5. The van der Waals surface area contributed by atoms with Crippen LogP contribution in [0.25, 0.3) is 0 Å². The number of ether oxygens (including phenoxy) is 2. The molecule has 3 saturated heterocycles. The molecular formula is C38H40N4O7. The Balaban J connectivity index is 1.34. The maximum atomic E-state index is 14.1. The van der Waals surface area contributed by atoms with Crippen molar-refractivity contribution < 1.29 is 34.1 Å². The fourth-order valence-electron chi connectivity index (χ4n) is 11.9. The highest BCUT2D eigenvalue weighted by Crippen LogP contribution is 2.74. The van der Waals surface area contributed by atoms with Crippen molar-refractivity contribution in [2.45, 2.75) is 80.9 Å². The van der Waals surface area contributed by atoms with Gasteiger partial charge >= 0.3 is 5.97 Å². The molecule has 0 bridgehead atoms. The van der Waals surface area contributed by atoms with Crippen LogP contribution in [0, 0.1) is 5.41 Å². The van der Waals surface area contributed by atoms with Crippen molar-refractivity contribution in [1.29, 1.82) is 0 Å². The molecule has 3 fully saturated rings. The molecule has 5 atom stereocenters. The first-order chi connectivity index (χ1) is 23.6. The van der Waals surface area contributed by atoms with E-state index in [0.717, 1.165) is 41.9 Å².